The molecule has 0 bridgehead atoms. The van der Waals surface area contributed by atoms with Crippen molar-refractivity contribution < 1.29 is 33.5 Å². The van der Waals surface area contributed by atoms with Crippen LogP contribution in [0.15, 0.2) is 34.9 Å². The van der Waals surface area contributed by atoms with Gasteiger partial charge in [0.15, 0.2) is 23.1 Å². The quantitative estimate of drug-likeness (QED) is 0.742. The lowest BCUT2D eigenvalue weighted by Gasteiger charge is -2.44. The fourth-order valence-electron chi connectivity index (χ4n) is 5.78. The van der Waals surface area contributed by atoms with Gasteiger partial charge in [0, 0.05) is 12.0 Å². The van der Waals surface area contributed by atoms with E-state index in [0.717, 1.165) is 0 Å². The molecule has 1 aromatic heterocycles. The monoisotopic (exact) mass is 420 g/mol. The molecule has 31 heavy (non-hydrogen) atoms. The van der Waals surface area contributed by atoms with Crippen molar-refractivity contribution in [2.45, 2.75) is 26.2 Å². The summed E-state index contributed by atoms with van der Waals surface area (Å²) in [6.45, 7) is 1.17. The molecule has 2 saturated carbocycles. The zero-order valence-corrected chi connectivity index (χ0v) is 16.8. The van der Waals surface area contributed by atoms with E-state index in [1.54, 1.807) is 18.2 Å². The van der Waals surface area contributed by atoms with Crippen molar-refractivity contribution in [2.75, 3.05) is 0 Å². The molecule has 1 heterocycles. The third-order valence-electron chi connectivity index (χ3n) is 7.02. The number of rotatable bonds is 2. The van der Waals surface area contributed by atoms with Crippen molar-refractivity contribution in [2.24, 2.45) is 29.6 Å². The predicted molar refractivity (Wildman–Crippen MR) is 106 cm³/mol. The van der Waals surface area contributed by atoms with Gasteiger partial charge in [0.2, 0.25) is 0 Å². The minimum Gasteiger partial charge on any atom is -0.507 e. The van der Waals surface area contributed by atoms with Crippen molar-refractivity contribution in [1.82, 2.24) is 0 Å². The van der Waals surface area contributed by atoms with Crippen LogP contribution in [0.2, 0.25) is 0 Å². The molecule has 0 aliphatic heterocycles. The SMILES string of the molecule is CC(=O)C1C(=O)CC2CC3Cc4c(-c5ccco5)ccc(O)c4C(=O)C3C(=O)C2C1=O. The first kappa shape index (κ1) is 19.6. The first-order valence-corrected chi connectivity index (χ1v) is 10.3. The molecule has 2 aromatic rings. The molecule has 7 nitrogen and oxygen atoms in total. The molecule has 0 saturated heterocycles. The van der Waals surface area contributed by atoms with Gasteiger partial charge in [-0.25, -0.2) is 0 Å². The van der Waals surface area contributed by atoms with Crippen LogP contribution in [-0.2, 0) is 25.6 Å². The van der Waals surface area contributed by atoms with E-state index in [4.69, 9.17) is 4.42 Å². The van der Waals surface area contributed by atoms with Crippen molar-refractivity contribution in [3.05, 3.63) is 41.7 Å². The minimum absolute atomic E-state index is 0.0122. The number of Topliss-reactive ketones (excluding diaryl/α,β-unsaturated/α-hetero) is 5. The molecular weight excluding hydrogens is 400 g/mol. The van der Waals surface area contributed by atoms with Gasteiger partial charge in [-0.15, -0.1) is 0 Å². The number of fused-ring (bicyclic) bond motifs is 3. The normalized spacial score (nSPS) is 29.9. The number of hydrogen-bond donors (Lipinski definition) is 1. The second-order valence-electron chi connectivity index (χ2n) is 8.76. The van der Waals surface area contributed by atoms with E-state index < -0.39 is 52.6 Å². The number of hydrogen-bond acceptors (Lipinski definition) is 7. The summed E-state index contributed by atoms with van der Waals surface area (Å²) < 4.78 is 5.49. The largest absolute Gasteiger partial charge is 0.507 e. The topological polar surface area (TPSA) is 119 Å². The van der Waals surface area contributed by atoms with E-state index >= 15 is 0 Å². The van der Waals surface area contributed by atoms with Gasteiger partial charge in [0.25, 0.3) is 0 Å². The third-order valence-corrected chi connectivity index (χ3v) is 7.02. The first-order valence-electron chi connectivity index (χ1n) is 10.3. The molecule has 7 heteroatoms. The van der Waals surface area contributed by atoms with E-state index in [2.05, 4.69) is 0 Å². The molecule has 5 rings (SSSR count). The van der Waals surface area contributed by atoms with Crippen LogP contribution in [-0.4, -0.2) is 34.0 Å². The van der Waals surface area contributed by atoms with Crippen LogP contribution < -0.4 is 0 Å². The van der Waals surface area contributed by atoms with Gasteiger partial charge in [-0.3, -0.25) is 24.0 Å². The van der Waals surface area contributed by atoms with Gasteiger partial charge in [-0.2, -0.15) is 0 Å². The number of aromatic hydroxyl groups is 1. The Hall–Kier alpha value is -3.35. The van der Waals surface area contributed by atoms with Gasteiger partial charge in [-0.1, -0.05) is 0 Å². The van der Waals surface area contributed by atoms with Gasteiger partial charge in [-0.05, 0) is 61.4 Å². The Balaban J connectivity index is 1.58. The second kappa shape index (κ2) is 6.83. The molecule has 5 atom stereocenters. The number of benzene rings is 1. The van der Waals surface area contributed by atoms with E-state index in [-0.39, 0.29) is 23.7 Å². The summed E-state index contributed by atoms with van der Waals surface area (Å²) in [6, 6.07) is 6.56. The highest BCUT2D eigenvalue weighted by Crippen LogP contribution is 2.49. The molecule has 0 spiro atoms. The molecular formula is C24H20O7. The lowest BCUT2D eigenvalue weighted by atomic mass is 9.55. The number of phenolic OH excluding ortho intramolecular Hbond substituents is 1. The van der Waals surface area contributed by atoms with E-state index in [9.17, 15) is 29.1 Å². The molecule has 2 fully saturated rings. The van der Waals surface area contributed by atoms with Crippen LogP contribution in [0, 0.1) is 29.6 Å². The Bertz CT molecular complexity index is 1160. The molecule has 5 unspecified atom stereocenters. The van der Waals surface area contributed by atoms with Crippen LogP contribution in [0.1, 0.15) is 35.7 Å². The fourth-order valence-corrected chi connectivity index (χ4v) is 5.78. The average Bonchev–Trinajstić information content (AvgIpc) is 3.21. The fraction of sp³-hybridized carbons (Fsp3) is 0.375. The highest BCUT2D eigenvalue weighted by molar-refractivity contribution is 6.28. The van der Waals surface area contributed by atoms with E-state index in [1.165, 1.54) is 19.3 Å². The highest BCUT2D eigenvalue weighted by Gasteiger charge is 2.57. The molecule has 0 radical (unpaired) electrons. The maximum Gasteiger partial charge on any atom is 0.177 e. The van der Waals surface area contributed by atoms with Crippen LogP contribution in [0.4, 0.5) is 0 Å². The average molecular weight is 420 g/mol. The zero-order chi connectivity index (χ0) is 22.0. The van der Waals surface area contributed by atoms with Crippen molar-refractivity contribution in [3.8, 4) is 17.1 Å². The molecule has 0 amide bonds. The number of carbonyl (C=O) groups excluding carboxylic acids is 5. The maximum absolute atomic E-state index is 13.4. The van der Waals surface area contributed by atoms with Gasteiger partial charge < -0.3 is 9.52 Å². The summed E-state index contributed by atoms with van der Waals surface area (Å²) in [5.74, 6) is -6.84. The highest BCUT2D eigenvalue weighted by atomic mass is 16.3. The zero-order valence-electron chi connectivity index (χ0n) is 16.8. The van der Waals surface area contributed by atoms with Gasteiger partial charge in [0.1, 0.15) is 23.2 Å². The third kappa shape index (κ3) is 2.76. The summed E-state index contributed by atoms with van der Waals surface area (Å²) >= 11 is 0. The Kier molecular flexibility index (Phi) is 4.32. The maximum atomic E-state index is 13.4. The summed E-state index contributed by atoms with van der Waals surface area (Å²) in [5.41, 5.74) is 1.37. The second-order valence-corrected chi connectivity index (χ2v) is 8.76. The molecule has 158 valence electrons. The number of furan rings is 1. The first-order chi connectivity index (χ1) is 14.8. The standard InChI is InChI=1S/C24H20O7/c1-10(25)18-16(27)9-12-7-11-8-14-13(17-3-2-6-31-17)4-5-15(26)21(14)24(30)19(11)23(29)20(12)22(18)28/h2-6,11-12,18-20,26H,7-9H2,1H3. The smallest absolute Gasteiger partial charge is 0.177 e. The molecule has 1 aromatic carbocycles. The van der Waals surface area contributed by atoms with Gasteiger partial charge >= 0.3 is 0 Å². The van der Waals surface area contributed by atoms with E-state index in [0.29, 0.717) is 29.7 Å². The Morgan fingerprint density at radius 2 is 1.74 bits per heavy atom. The van der Waals surface area contributed by atoms with Crippen molar-refractivity contribution >= 4 is 28.9 Å². The lowest BCUT2D eigenvalue weighted by Crippen LogP contribution is -2.55. The Morgan fingerprint density at radius 3 is 2.42 bits per heavy atom. The summed E-state index contributed by atoms with van der Waals surface area (Å²) in [6.07, 6.45) is 2.22. The summed E-state index contributed by atoms with van der Waals surface area (Å²) in [4.78, 5) is 63.9. The Labute approximate surface area is 177 Å². The Morgan fingerprint density at radius 1 is 1.00 bits per heavy atom. The molecule has 3 aliphatic carbocycles. The van der Waals surface area contributed by atoms with Crippen molar-refractivity contribution in [3.63, 3.8) is 0 Å². The van der Waals surface area contributed by atoms with E-state index in [1.807, 2.05) is 0 Å². The van der Waals surface area contributed by atoms with Crippen LogP contribution in [0.5, 0.6) is 5.75 Å². The van der Waals surface area contributed by atoms with Gasteiger partial charge in [0.05, 0.1) is 23.7 Å². The molecule has 3 aliphatic rings. The van der Waals surface area contributed by atoms with Crippen LogP contribution in [0.25, 0.3) is 11.3 Å². The van der Waals surface area contributed by atoms with Crippen LogP contribution >= 0.6 is 0 Å². The minimum atomic E-state index is -1.41. The number of ketones is 5. The lowest BCUT2D eigenvalue weighted by molar-refractivity contribution is -0.152. The van der Waals surface area contributed by atoms with Crippen molar-refractivity contribution in [1.29, 1.82) is 0 Å². The summed E-state index contributed by atoms with van der Waals surface area (Å²) in [5, 5.41) is 10.4. The van der Waals surface area contributed by atoms with Crippen LogP contribution in [0.3, 0.4) is 0 Å². The predicted octanol–water partition coefficient (Wildman–Crippen LogP) is 2.58. The molecule has 1 N–H and O–H groups in total. The number of phenols is 1. The number of carbonyl (C=O) groups is 5. The summed E-state index contributed by atoms with van der Waals surface area (Å²) in [7, 11) is 0.